The lowest BCUT2D eigenvalue weighted by Gasteiger charge is -2.35. The molecule has 158 valence electrons. The van der Waals surface area contributed by atoms with E-state index in [1.165, 1.54) is 22.3 Å². The Balaban J connectivity index is 1.68. The third-order valence-electron chi connectivity index (χ3n) is 5.70. The van der Waals surface area contributed by atoms with E-state index >= 15 is 0 Å². The summed E-state index contributed by atoms with van der Waals surface area (Å²) in [5.41, 5.74) is 5.76. The van der Waals surface area contributed by atoms with Gasteiger partial charge in [-0.2, -0.15) is 0 Å². The summed E-state index contributed by atoms with van der Waals surface area (Å²) in [6, 6.07) is 13.3. The van der Waals surface area contributed by atoms with E-state index in [1.54, 1.807) is 0 Å². The summed E-state index contributed by atoms with van der Waals surface area (Å²) in [5.74, 6) is 1.69. The predicted molar refractivity (Wildman–Crippen MR) is 121 cm³/mol. The van der Waals surface area contributed by atoms with Crippen LogP contribution in [0.25, 0.3) is 0 Å². The van der Waals surface area contributed by atoms with Crippen molar-refractivity contribution in [2.24, 2.45) is 0 Å². The van der Waals surface area contributed by atoms with Crippen molar-refractivity contribution >= 4 is 0 Å². The number of rotatable bonds is 8. The Bertz CT molecular complexity index is 839. The molecule has 1 aliphatic heterocycles. The van der Waals surface area contributed by atoms with Gasteiger partial charge in [-0.3, -0.25) is 4.90 Å². The minimum absolute atomic E-state index is 0.128. The molecule has 0 aromatic heterocycles. The molecule has 0 unspecified atom stereocenters. The molecule has 0 bridgehead atoms. The van der Waals surface area contributed by atoms with E-state index in [2.05, 4.69) is 75.9 Å². The van der Waals surface area contributed by atoms with E-state index < -0.39 is 0 Å². The molecule has 0 saturated carbocycles. The van der Waals surface area contributed by atoms with Gasteiger partial charge in [0.1, 0.15) is 0 Å². The van der Waals surface area contributed by atoms with Gasteiger partial charge < -0.3 is 9.47 Å². The normalized spacial score (nSPS) is 14.5. The number of nitrogens with zero attached hydrogens (tertiary/aromatic N) is 1. The summed E-state index contributed by atoms with van der Waals surface area (Å²) in [6.07, 6.45) is 2.39. The van der Waals surface area contributed by atoms with Gasteiger partial charge in [0.05, 0.1) is 12.2 Å². The summed E-state index contributed by atoms with van der Waals surface area (Å²) < 4.78 is 12.0. The molecule has 0 amide bonds. The standard InChI is InChI=1S/C26H37NO2/c1-18(2)28-24-11-9-21(15-25(24)29-19(3)4)12-13-26(6,7)27-16-22-10-8-20(5)14-23(22)17-27/h8-11,14-15,18-19H,12-13,16-17H2,1-7H3. The van der Waals surface area contributed by atoms with Crippen LogP contribution in [0.15, 0.2) is 36.4 Å². The van der Waals surface area contributed by atoms with E-state index in [-0.39, 0.29) is 17.7 Å². The highest BCUT2D eigenvalue weighted by molar-refractivity contribution is 5.43. The molecule has 0 spiro atoms. The van der Waals surface area contributed by atoms with Crippen molar-refractivity contribution in [2.45, 2.75) is 92.1 Å². The van der Waals surface area contributed by atoms with E-state index in [1.807, 2.05) is 13.8 Å². The molecular formula is C26H37NO2. The maximum atomic E-state index is 6.04. The average Bonchev–Trinajstić information content (AvgIpc) is 3.05. The average molecular weight is 396 g/mol. The van der Waals surface area contributed by atoms with E-state index in [9.17, 15) is 0 Å². The zero-order valence-corrected chi connectivity index (χ0v) is 19.2. The molecule has 29 heavy (non-hydrogen) atoms. The van der Waals surface area contributed by atoms with Crippen LogP contribution in [0, 0.1) is 6.92 Å². The van der Waals surface area contributed by atoms with Gasteiger partial charge in [-0.05, 0) is 90.1 Å². The maximum absolute atomic E-state index is 6.04. The minimum atomic E-state index is 0.128. The Kier molecular flexibility index (Phi) is 6.58. The van der Waals surface area contributed by atoms with Crippen molar-refractivity contribution < 1.29 is 9.47 Å². The minimum Gasteiger partial charge on any atom is -0.487 e. The van der Waals surface area contributed by atoms with Crippen LogP contribution in [0.2, 0.25) is 0 Å². The maximum Gasteiger partial charge on any atom is 0.161 e. The molecule has 3 rings (SSSR count). The van der Waals surface area contributed by atoms with Crippen LogP contribution in [0.4, 0.5) is 0 Å². The lowest BCUT2D eigenvalue weighted by Crippen LogP contribution is -2.40. The Labute approximate surface area is 177 Å². The fraction of sp³-hybridized carbons (Fsp3) is 0.538. The van der Waals surface area contributed by atoms with Gasteiger partial charge in [-0.1, -0.05) is 29.8 Å². The SMILES string of the molecule is Cc1ccc2c(c1)CN(C(C)(C)CCc1ccc(OC(C)C)c(OC(C)C)c1)C2. The van der Waals surface area contributed by atoms with Crippen molar-refractivity contribution in [2.75, 3.05) is 0 Å². The Morgan fingerprint density at radius 2 is 1.52 bits per heavy atom. The quantitative estimate of drug-likeness (QED) is 0.524. The number of benzene rings is 2. The molecule has 0 radical (unpaired) electrons. The molecule has 0 aliphatic carbocycles. The second-order valence-electron chi connectivity index (χ2n) is 9.55. The summed E-state index contributed by atoms with van der Waals surface area (Å²) in [6.45, 7) is 17.2. The second kappa shape index (κ2) is 8.79. The highest BCUT2D eigenvalue weighted by Gasteiger charge is 2.31. The van der Waals surface area contributed by atoms with Crippen molar-refractivity contribution in [1.82, 2.24) is 4.90 Å². The third kappa shape index (κ3) is 5.54. The molecule has 0 fully saturated rings. The third-order valence-corrected chi connectivity index (χ3v) is 5.70. The first-order valence-electron chi connectivity index (χ1n) is 10.9. The van der Waals surface area contributed by atoms with Gasteiger partial charge in [0, 0.05) is 18.6 Å². The first-order valence-corrected chi connectivity index (χ1v) is 10.9. The highest BCUT2D eigenvalue weighted by atomic mass is 16.5. The molecule has 1 heterocycles. The monoisotopic (exact) mass is 395 g/mol. The smallest absolute Gasteiger partial charge is 0.161 e. The van der Waals surface area contributed by atoms with E-state index in [4.69, 9.17) is 9.47 Å². The Morgan fingerprint density at radius 1 is 0.862 bits per heavy atom. The van der Waals surface area contributed by atoms with Crippen LogP contribution < -0.4 is 9.47 Å². The van der Waals surface area contributed by atoms with Gasteiger partial charge in [0.2, 0.25) is 0 Å². The van der Waals surface area contributed by atoms with Crippen LogP contribution in [-0.2, 0) is 19.5 Å². The second-order valence-corrected chi connectivity index (χ2v) is 9.55. The van der Waals surface area contributed by atoms with Crippen LogP contribution in [-0.4, -0.2) is 22.6 Å². The van der Waals surface area contributed by atoms with Gasteiger partial charge in [-0.25, -0.2) is 0 Å². The molecule has 2 aromatic carbocycles. The molecule has 3 heteroatoms. The molecule has 0 N–H and O–H groups in total. The highest BCUT2D eigenvalue weighted by Crippen LogP contribution is 2.34. The molecule has 2 aromatic rings. The number of ether oxygens (including phenoxy) is 2. The van der Waals surface area contributed by atoms with Crippen LogP contribution in [0.3, 0.4) is 0 Å². The fourth-order valence-corrected chi connectivity index (χ4v) is 3.96. The van der Waals surface area contributed by atoms with Crippen LogP contribution >= 0.6 is 0 Å². The number of hydrogen-bond donors (Lipinski definition) is 0. The summed E-state index contributed by atoms with van der Waals surface area (Å²) in [4.78, 5) is 2.61. The van der Waals surface area contributed by atoms with Gasteiger partial charge in [0.25, 0.3) is 0 Å². The van der Waals surface area contributed by atoms with Gasteiger partial charge >= 0.3 is 0 Å². The van der Waals surface area contributed by atoms with E-state index in [0.29, 0.717) is 0 Å². The first kappa shape index (κ1) is 21.7. The molecule has 0 atom stereocenters. The first-order chi connectivity index (χ1) is 13.6. The zero-order valence-electron chi connectivity index (χ0n) is 19.2. The van der Waals surface area contributed by atoms with Gasteiger partial charge in [-0.15, -0.1) is 0 Å². The van der Waals surface area contributed by atoms with Crippen molar-refractivity contribution in [3.05, 3.63) is 58.7 Å². The van der Waals surface area contributed by atoms with Crippen LogP contribution in [0.1, 0.15) is 70.2 Å². The van der Waals surface area contributed by atoms with Gasteiger partial charge in [0.15, 0.2) is 11.5 Å². The summed E-state index contributed by atoms with van der Waals surface area (Å²) in [7, 11) is 0. The molecule has 1 aliphatic rings. The topological polar surface area (TPSA) is 21.7 Å². The molecular weight excluding hydrogens is 358 g/mol. The Morgan fingerprint density at radius 3 is 2.21 bits per heavy atom. The fourth-order valence-electron chi connectivity index (χ4n) is 3.96. The lowest BCUT2D eigenvalue weighted by atomic mass is 9.93. The van der Waals surface area contributed by atoms with Crippen molar-refractivity contribution in [3.63, 3.8) is 0 Å². The number of aryl methyl sites for hydroxylation is 2. The predicted octanol–water partition coefficient (Wildman–Crippen LogP) is 6.30. The zero-order chi connectivity index (χ0) is 21.2. The number of fused-ring (bicyclic) bond motifs is 1. The van der Waals surface area contributed by atoms with E-state index in [0.717, 1.165) is 37.4 Å². The number of hydrogen-bond acceptors (Lipinski definition) is 3. The summed E-state index contributed by atoms with van der Waals surface area (Å²) in [5, 5.41) is 0. The van der Waals surface area contributed by atoms with Crippen molar-refractivity contribution in [3.8, 4) is 11.5 Å². The molecule has 0 saturated heterocycles. The molecule has 3 nitrogen and oxygen atoms in total. The largest absolute Gasteiger partial charge is 0.487 e. The van der Waals surface area contributed by atoms with Crippen molar-refractivity contribution in [1.29, 1.82) is 0 Å². The summed E-state index contributed by atoms with van der Waals surface area (Å²) >= 11 is 0. The lowest BCUT2D eigenvalue weighted by molar-refractivity contribution is 0.109. The Hall–Kier alpha value is -2.00. The van der Waals surface area contributed by atoms with Crippen LogP contribution in [0.5, 0.6) is 11.5 Å².